The quantitative estimate of drug-likeness (QED) is 0.119. The molecule has 1 aliphatic rings. The molecule has 298 valence electrons. The number of nitrogens with zero attached hydrogens (tertiary/aromatic N) is 4. The zero-order chi connectivity index (χ0) is 39.4. The Labute approximate surface area is 327 Å². The zero-order valence-corrected chi connectivity index (χ0v) is 33.1. The van der Waals surface area contributed by atoms with Crippen molar-refractivity contribution in [3.63, 3.8) is 0 Å². The summed E-state index contributed by atoms with van der Waals surface area (Å²) >= 11 is 0. The highest BCUT2D eigenvalue weighted by Crippen LogP contribution is 2.28. The molecule has 12 nitrogen and oxygen atoms in total. The average molecular weight is 757 g/mol. The second-order valence-corrected chi connectivity index (χ2v) is 14.3. The van der Waals surface area contributed by atoms with Gasteiger partial charge in [-0.05, 0) is 74.4 Å². The Hall–Kier alpha value is -4.94. The van der Waals surface area contributed by atoms with Crippen molar-refractivity contribution in [2.75, 3.05) is 91.3 Å². The fourth-order valence-electron chi connectivity index (χ4n) is 6.53. The second kappa shape index (κ2) is 23.1. The van der Waals surface area contributed by atoms with Crippen LogP contribution in [0.4, 0.5) is 16.2 Å². The van der Waals surface area contributed by atoms with Gasteiger partial charge in [0.15, 0.2) is 0 Å². The predicted molar refractivity (Wildman–Crippen MR) is 218 cm³/mol. The average Bonchev–Trinajstić information content (AvgIpc) is 3.20. The van der Waals surface area contributed by atoms with Gasteiger partial charge in [-0.1, -0.05) is 55.0 Å². The molecule has 0 aromatic heterocycles. The van der Waals surface area contributed by atoms with Crippen LogP contribution in [0.1, 0.15) is 61.7 Å². The number of hydrogen-bond acceptors (Lipinski definition) is 8. The normalized spacial score (nSPS) is 13.2. The van der Waals surface area contributed by atoms with E-state index in [9.17, 15) is 19.2 Å². The molecule has 2 N–H and O–H groups in total. The Morgan fingerprint density at radius 2 is 1.38 bits per heavy atom. The number of rotatable bonds is 21. The van der Waals surface area contributed by atoms with E-state index in [-0.39, 0.29) is 30.4 Å². The third-order valence-electron chi connectivity index (χ3n) is 10.0. The summed E-state index contributed by atoms with van der Waals surface area (Å²) in [6.07, 6.45) is 5.84. The molecule has 0 radical (unpaired) electrons. The van der Waals surface area contributed by atoms with E-state index >= 15 is 0 Å². The fraction of sp³-hybridized carbons (Fsp3) is 0.488. The molecule has 4 amide bonds. The topological polar surface area (TPSA) is 124 Å². The molecule has 0 saturated carbocycles. The largest absolute Gasteiger partial charge is 0.446 e. The number of benzene rings is 3. The van der Waals surface area contributed by atoms with Crippen molar-refractivity contribution in [3.8, 4) is 11.1 Å². The molecule has 12 heteroatoms. The summed E-state index contributed by atoms with van der Waals surface area (Å²) in [7, 11) is 6.94. The Morgan fingerprint density at radius 1 is 0.727 bits per heavy atom. The van der Waals surface area contributed by atoms with Crippen molar-refractivity contribution in [1.82, 2.24) is 19.6 Å². The standard InChI is InChI=1S/C43H60N6O6/c1-46(41(51)33-54-4)27-13-14-28-48(3)42(52)35-20-22-36(23-21-35)44-26-12-6-9-19-40(50)47(2)31-32-49-29-24-37(25-30-49)55-43(53)45-39-18-11-10-17-38(39)34-15-7-5-8-16-34/h5,7-8,10-11,15-18,20-23,37,44H,6,9,12-14,19,24-33H2,1-4H3,(H,45,53). The highest BCUT2D eigenvalue weighted by molar-refractivity contribution is 5.94. The number of para-hydroxylation sites is 1. The molecule has 55 heavy (non-hydrogen) atoms. The van der Waals surface area contributed by atoms with Crippen molar-refractivity contribution < 1.29 is 28.7 Å². The number of carbonyl (C=O) groups excluding carboxylic acids is 4. The van der Waals surface area contributed by atoms with Crippen LogP contribution in [0, 0.1) is 0 Å². The highest BCUT2D eigenvalue weighted by Gasteiger charge is 2.23. The Bertz CT molecular complexity index is 1630. The number of methoxy groups -OCH3 is 1. The van der Waals surface area contributed by atoms with Gasteiger partial charge in [-0.15, -0.1) is 0 Å². The molecule has 1 fully saturated rings. The van der Waals surface area contributed by atoms with Gasteiger partial charge in [0.05, 0.1) is 5.69 Å². The van der Waals surface area contributed by atoms with Gasteiger partial charge in [-0.25, -0.2) is 4.79 Å². The predicted octanol–water partition coefficient (Wildman–Crippen LogP) is 6.45. The van der Waals surface area contributed by atoms with Crippen LogP contribution in [0.5, 0.6) is 0 Å². The van der Waals surface area contributed by atoms with Crippen LogP contribution in [-0.2, 0) is 19.1 Å². The number of amides is 4. The number of anilines is 2. The van der Waals surface area contributed by atoms with Crippen LogP contribution in [0.15, 0.2) is 78.9 Å². The van der Waals surface area contributed by atoms with Crippen LogP contribution >= 0.6 is 0 Å². The Kier molecular flexibility index (Phi) is 18.0. The SMILES string of the molecule is COCC(=O)N(C)CCCCN(C)C(=O)c1ccc(NCCCCCC(=O)N(C)CCN2CCC(OC(=O)Nc3ccccc3-c3ccccc3)CC2)cc1. The van der Waals surface area contributed by atoms with Crippen molar-refractivity contribution >= 4 is 35.2 Å². The van der Waals surface area contributed by atoms with Crippen LogP contribution in [0.3, 0.4) is 0 Å². The van der Waals surface area contributed by atoms with Crippen molar-refractivity contribution in [2.24, 2.45) is 0 Å². The molecule has 0 bridgehead atoms. The lowest BCUT2D eigenvalue weighted by atomic mass is 10.0. The van der Waals surface area contributed by atoms with E-state index in [1.54, 1.807) is 23.9 Å². The molecule has 0 spiro atoms. The van der Waals surface area contributed by atoms with Crippen molar-refractivity contribution in [3.05, 3.63) is 84.4 Å². The van der Waals surface area contributed by atoms with Crippen molar-refractivity contribution in [1.29, 1.82) is 0 Å². The number of unbranched alkanes of at least 4 members (excludes halogenated alkanes) is 3. The van der Waals surface area contributed by atoms with Gasteiger partial charge in [-0.2, -0.15) is 0 Å². The number of likely N-dealkylation sites (N-methyl/N-ethyl adjacent to an activating group) is 2. The first-order chi connectivity index (χ1) is 26.6. The lowest BCUT2D eigenvalue weighted by molar-refractivity contribution is -0.134. The molecule has 4 rings (SSSR count). The molecule has 0 unspecified atom stereocenters. The van der Waals surface area contributed by atoms with Gasteiger partial charge in [0.25, 0.3) is 5.91 Å². The van der Waals surface area contributed by atoms with Gasteiger partial charge in [0.1, 0.15) is 12.7 Å². The Morgan fingerprint density at radius 3 is 2.09 bits per heavy atom. The maximum absolute atomic E-state index is 12.8. The van der Waals surface area contributed by atoms with E-state index in [2.05, 4.69) is 15.5 Å². The third kappa shape index (κ3) is 14.7. The number of piperidine rings is 1. The first kappa shape index (κ1) is 42.8. The summed E-state index contributed by atoms with van der Waals surface area (Å²) < 4.78 is 10.7. The minimum Gasteiger partial charge on any atom is -0.446 e. The van der Waals surface area contributed by atoms with Gasteiger partial charge >= 0.3 is 6.09 Å². The lowest BCUT2D eigenvalue weighted by Crippen LogP contribution is -2.42. The minimum atomic E-state index is -0.434. The first-order valence-electron chi connectivity index (χ1n) is 19.5. The third-order valence-corrected chi connectivity index (χ3v) is 10.0. The monoisotopic (exact) mass is 756 g/mol. The number of carbonyl (C=O) groups is 4. The maximum atomic E-state index is 12.8. The summed E-state index contributed by atoms with van der Waals surface area (Å²) in [5, 5.41) is 6.35. The second-order valence-electron chi connectivity index (χ2n) is 14.3. The molecule has 0 aliphatic carbocycles. The minimum absolute atomic E-state index is 0.0251. The zero-order valence-electron chi connectivity index (χ0n) is 33.1. The summed E-state index contributed by atoms with van der Waals surface area (Å²) in [4.78, 5) is 57.7. The molecular formula is C43H60N6O6. The summed E-state index contributed by atoms with van der Waals surface area (Å²) in [5.41, 5.74) is 4.31. The number of ether oxygens (including phenoxy) is 2. The van der Waals surface area contributed by atoms with E-state index in [1.807, 2.05) is 90.8 Å². The summed E-state index contributed by atoms with van der Waals surface area (Å²) in [6.45, 7) is 5.24. The molecule has 1 aliphatic heterocycles. The molecule has 3 aromatic rings. The number of likely N-dealkylation sites (tertiary alicyclic amines) is 1. The Balaban J connectivity index is 1.02. The fourth-order valence-corrected chi connectivity index (χ4v) is 6.53. The van der Waals surface area contributed by atoms with Gasteiger partial charge in [-0.3, -0.25) is 19.7 Å². The molecule has 0 atom stereocenters. The number of hydrogen-bond donors (Lipinski definition) is 2. The van der Waals surface area contributed by atoms with Crippen LogP contribution in [0.25, 0.3) is 11.1 Å². The van der Waals surface area contributed by atoms with Gasteiger partial charge in [0, 0.05) is 97.3 Å². The van der Waals surface area contributed by atoms with Crippen LogP contribution in [-0.4, -0.2) is 130 Å². The smallest absolute Gasteiger partial charge is 0.411 e. The number of nitrogens with one attached hydrogen (secondary N) is 2. The van der Waals surface area contributed by atoms with Crippen LogP contribution in [0.2, 0.25) is 0 Å². The molecule has 3 aromatic carbocycles. The highest BCUT2D eigenvalue weighted by atomic mass is 16.6. The summed E-state index contributed by atoms with van der Waals surface area (Å²) in [5.74, 6) is 0.0883. The molecule has 1 saturated heterocycles. The molecular weight excluding hydrogens is 697 g/mol. The van der Waals surface area contributed by atoms with Gasteiger partial charge < -0.3 is 34.4 Å². The maximum Gasteiger partial charge on any atom is 0.411 e. The van der Waals surface area contributed by atoms with E-state index in [0.717, 1.165) is 93.6 Å². The van der Waals surface area contributed by atoms with Crippen molar-refractivity contribution in [2.45, 2.75) is 57.5 Å². The van der Waals surface area contributed by atoms with E-state index in [1.165, 1.54) is 7.11 Å². The lowest BCUT2D eigenvalue weighted by Gasteiger charge is -2.32. The first-order valence-corrected chi connectivity index (χ1v) is 19.5. The van der Waals surface area contributed by atoms with Crippen LogP contribution < -0.4 is 10.6 Å². The van der Waals surface area contributed by atoms with E-state index in [4.69, 9.17) is 9.47 Å². The van der Waals surface area contributed by atoms with Gasteiger partial charge in [0.2, 0.25) is 11.8 Å². The summed E-state index contributed by atoms with van der Waals surface area (Å²) in [6, 6.07) is 25.2. The van der Waals surface area contributed by atoms with E-state index < -0.39 is 6.09 Å². The van der Waals surface area contributed by atoms with E-state index in [0.29, 0.717) is 31.6 Å². The molecule has 1 heterocycles.